The van der Waals surface area contributed by atoms with Crippen LogP contribution in [0.5, 0.6) is 0 Å². The summed E-state index contributed by atoms with van der Waals surface area (Å²) in [5.41, 5.74) is 7.57. The molecule has 1 aliphatic rings. The van der Waals surface area contributed by atoms with Gasteiger partial charge in [0.15, 0.2) is 0 Å². The van der Waals surface area contributed by atoms with Crippen LogP contribution in [0.2, 0.25) is 0 Å². The Balaban J connectivity index is 1.85. The second kappa shape index (κ2) is 6.40. The van der Waals surface area contributed by atoms with Crippen molar-refractivity contribution in [2.75, 3.05) is 13.1 Å². The number of hydrogen-bond acceptors (Lipinski definition) is 2. The van der Waals surface area contributed by atoms with E-state index in [1.54, 1.807) is 0 Å². The van der Waals surface area contributed by atoms with Gasteiger partial charge < -0.3 is 10.6 Å². The van der Waals surface area contributed by atoms with Crippen LogP contribution in [0.1, 0.15) is 38.7 Å². The van der Waals surface area contributed by atoms with Gasteiger partial charge in [-0.15, -0.1) is 0 Å². The first-order valence-corrected chi connectivity index (χ1v) is 7.56. The summed E-state index contributed by atoms with van der Waals surface area (Å²) in [7, 11) is 0. The molecule has 0 saturated carbocycles. The first-order chi connectivity index (χ1) is 9.48. The second-order valence-electron chi connectivity index (χ2n) is 6.66. The minimum atomic E-state index is -0.371. The fourth-order valence-corrected chi connectivity index (χ4v) is 2.94. The molecule has 1 heterocycles. The van der Waals surface area contributed by atoms with E-state index >= 15 is 0 Å². The average Bonchev–Trinajstić information content (AvgIpc) is 2.44. The Morgan fingerprint density at radius 3 is 2.70 bits per heavy atom. The molecule has 2 N–H and O–H groups in total. The first-order valence-electron chi connectivity index (χ1n) is 7.56. The van der Waals surface area contributed by atoms with Crippen molar-refractivity contribution in [2.24, 2.45) is 11.1 Å². The molecule has 0 spiro atoms. The van der Waals surface area contributed by atoms with Crippen molar-refractivity contribution in [1.29, 1.82) is 0 Å². The number of carbonyl (C=O) groups excluding carboxylic acids is 1. The molecule has 2 rings (SSSR count). The van der Waals surface area contributed by atoms with Crippen LogP contribution >= 0.6 is 0 Å². The first kappa shape index (κ1) is 15.0. The number of hydrogen-bond donors (Lipinski definition) is 1. The van der Waals surface area contributed by atoms with Gasteiger partial charge in [-0.3, -0.25) is 4.79 Å². The summed E-state index contributed by atoms with van der Waals surface area (Å²) in [4.78, 5) is 14.4. The summed E-state index contributed by atoms with van der Waals surface area (Å²) >= 11 is 0. The lowest BCUT2D eigenvalue weighted by atomic mass is 9.84. The third-order valence-electron chi connectivity index (χ3n) is 4.12. The summed E-state index contributed by atoms with van der Waals surface area (Å²) < 4.78 is 0. The molecule has 1 saturated heterocycles. The monoisotopic (exact) mass is 274 g/mol. The maximum atomic E-state index is 12.4. The van der Waals surface area contributed by atoms with E-state index < -0.39 is 0 Å². The highest BCUT2D eigenvalue weighted by molar-refractivity contribution is 5.81. The molecule has 0 radical (unpaired) electrons. The van der Waals surface area contributed by atoms with Gasteiger partial charge in [-0.2, -0.15) is 0 Å². The van der Waals surface area contributed by atoms with Gasteiger partial charge in [0.1, 0.15) is 0 Å². The Kier molecular flexibility index (Phi) is 4.81. The number of likely N-dealkylation sites (tertiary alicyclic amines) is 1. The smallest absolute Gasteiger partial charge is 0.239 e. The zero-order chi connectivity index (χ0) is 14.6. The molecule has 1 atom stereocenters. The highest BCUT2D eigenvalue weighted by Crippen LogP contribution is 2.28. The van der Waals surface area contributed by atoms with Gasteiger partial charge in [0, 0.05) is 13.1 Å². The van der Waals surface area contributed by atoms with Crippen LogP contribution in [0.15, 0.2) is 30.3 Å². The largest absolute Gasteiger partial charge is 0.341 e. The zero-order valence-electron chi connectivity index (χ0n) is 12.6. The fraction of sp³-hybridized carbons (Fsp3) is 0.588. The highest BCUT2D eigenvalue weighted by Gasteiger charge is 2.31. The normalized spacial score (nSPS) is 19.6. The summed E-state index contributed by atoms with van der Waals surface area (Å²) in [5, 5.41) is 0. The van der Waals surface area contributed by atoms with Gasteiger partial charge >= 0.3 is 0 Å². The van der Waals surface area contributed by atoms with Crippen molar-refractivity contribution in [3.05, 3.63) is 35.9 Å². The molecule has 1 aromatic rings. The minimum absolute atomic E-state index is 0.119. The Labute approximate surface area is 122 Å². The number of carbonyl (C=O) groups is 1. The molecule has 1 amide bonds. The van der Waals surface area contributed by atoms with Crippen molar-refractivity contribution in [1.82, 2.24) is 4.90 Å². The topological polar surface area (TPSA) is 46.3 Å². The highest BCUT2D eigenvalue weighted by atomic mass is 16.2. The van der Waals surface area contributed by atoms with Gasteiger partial charge in [0.05, 0.1) is 6.04 Å². The standard InChI is InChI=1S/C17H26N2O/c1-17(2)11-6-12-19(13-17)16(20)15(18)10-9-14-7-4-3-5-8-14/h3-5,7-8,15H,6,9-13,18H2,1-2H3. The molecular formula is C17H26N2O. The molecule has 110 valence electrons. The number of aryl methyl sites for hydroxylation is 1. The van der Waals surface area contributed by atoms with E-state index in [0.29, 0.717) is 0 Å². The summed E-state index contributed by atoms with van der Waals surface area (Å²) in [6.07, 6.45) is 3.87. The maximum Gasteiger partial charge on any atom is 0.239 e. The lowest BCUT2D eigenvalue weighted by Gasteiger charge is -2.39. The molecule has 3 heteroatoms. The van der Waals surface area contributed by atoms with Gasteiger partial charge in [-0.05, 0) is 36.7 Å². The molecule has 1 aromatic carbocycles. The van der Waals surface area contributed by atoms with Crippen LogP contribution in [0.3, 0.4) is 0 Å². The van der Waals surface area contributed by atoms with Crippen LogP contribution in [0, 0.1) is 5.41 Å². The maximum absolute atomic E-state index is 12.4. The van der Waals surface area contributed by atoms with Gasteiger partial charge in [0.2, 0.25) is 5.91 Å². The van der Waals surface area contributed by atoms with Crippen LogP contribution in [0.4, 0.5) is 0 Å². The van der Waals surface area contributed by atoms with Gasteiger partial charge in [-0.25, -0.2) is 0 Å². The number of amides is 1. The predicted octanol–water partition coefficient (Wildman–Crippen LogP) is 2.60. The molecule has 0 bridgehead atoms. The average molecular weight is 274 g/mol. The number of nitrogens with two attached hydrogens (primary N) is 1. The predicted molar refractivity (Wildman–Crippen MR) is 82.3 cm³/mol. The van der Waals surface area contributed by atoms with Crippen molar-refractivity contribution < 1.29 is 4.79 Å². The van der Waals surface area contributed by atoms with E-state index in [4.69, 9.17) is 5.73 Å². The Hall–Kier alpha value is -1.35. The molecule has 3 nitrogen and oxygen atoms in total. The molecule has 0 aromatic heterocycles. The van der Waals surface area contributed by atoms with Crippen molar-refractivity contribution >= 4 is 5.91 Å². The Morgan fingerprint density at radius 1 is 1.35 bits per heavy atom. The van der Waals surface area contributed by atoms with Gasteiger partial charge in [0.25, 0.3) is 0 Å². The van der Waals surface area contributed by atoms with E-state index in [1.807, 2.05) is 23.1 Å². The lowest BCUT2D eigenvalue weighted by molar-refractivity contribution is -0.135. The quantitative estimate of drug-likeness (QED) is 0.917. The summed E-state index contributed by atoms with van der Waals surface area (Å²) in [6.45, 7) is 6.15. The Bertz CT molecular complexity index is 442. The van der Waals surface area contributed by atoms with E-state index in [2.05, 4.69) is 26.0 Å². The van der Waals surface area contributed by atoms with Crippen molar-refractivity contribution in [3.63, 3.8) is 0 Å². The fourth-order valence-electron chi connectivity index (χ4n) is 2.94. The minimum Gasteiger partial charge on any atom is -0.341 e. The van der Waals surface area contributed by atoms with E-state index in [0.717, 1.165) is 32.4 Å². The lowest BCUT2D eigenvalue weighted by Crippen LogP contribution is -2.50. The number of piperidine rings is 1. The third kappa shape index (κ3) is 4.07. The molecular weight excluding hydrogens is 248 g/mol. The van der Waals surface area contributed by atoms with E-state index in [1.165, 1.54) is 12.0 Å². The van der Waals surface area contributed by atoms with Crippen LogP contribution in [-0.2, 0) is 11.2 Å². The van der Waals surface area contributed by atoms with Crippen molar-refractivity contribution in [3.8, 4) is 0 Å². The molecule has 0 aliphatic carbocycles. The summed E-state index contributed by atoms with van der Waals surface area (Å²) in [5.74, 6) is 0.119. The number of nitrogens with zero attached hydrogens (tertiary/aromatic N) is 1. The van der Waals surface area contributed by atoms with Gasteiger partial charge in [-0.1, -0.05) is 44.2 Å². The van der Waals surface area contributed by atoms with Crippen LogP contribution < -0.4 is 5.73 Å². The SMILES string of the molecule is CC1(C)CCCN(C(=O)C(N)CCc2ccccc2)C1. The number of rotatable bonds is 4. The second-order valence-corrected chi connectivity index (χ2v) is 6.66. The zero-order valence-corrected chi connectivity index (χ0v) is 12.6. The third-order valence-corrected chi connectivity index (χ3v) is 4.12. The van der Waals surface area contributed by atoms with Crippen LogP contribution in [-0.4, -0.2) is 29.9 Å². The van der Waals surface area contributed by atoms with Crippen molar-refractivity contribution in [2.45, 2.75) is 45.6 Å². The molecule has 1 unspecified atom stereocenters. The summed E-state index contributed by atoms with van der Waals surface area (Å²) in [6, 6.07) is 9.85. The van der Waals surface area contributed by atoms with Crippen LogP contribution in [0.25, 0.3) is 0 Å². The molecule has 1 aliphatic heterocycles. The number of benzene rings is 1. The molecule has 1 fully saturated rings. The Morgan fingerprint density at radius 2 is 2.05 bits per heavy atom. The van der Waals surface area contributed by atoms with E-state index in [-0.39, 0.29) is 17.4 Å². The van der Waals surface area contributed by atoms with E-state index in [9.17, 15) is 4.79 Å². The molecule has 20 heavy (non-hydrogen) atoms.